The fourth-order valence-corrected chi connectivity index (χ4v) is 1.60. The fraction of sp³-hybridized carbons (Fsp3) is 0.400. The molecule has 0 heterocycles. The van der Waals surface area contributed by atoms with Crippen molar-refractivity contribution in [1.29, 1.82) is 0 Å². The minimum atomic E-state index is -1.46. The molecule has 14 heavy (non-hydrogen) atoms. The van der Waals surface area contributed by atoms with E-state index < -0.39 is 22.9 Å². The Morgan fingerprint density at radius 3 is 2.29 bits per heavy atom. The van der Waals surface area contributed by atoms with Crippen molar-refractivity contribution in [1.82, 2.24) is 0 Å². The summed E-state index contributed by atoms with van der Waals surface area (Å²) in [6.07, 6.45) is 1.23. The smallest absolute Gasteiger partial charge is 0.194 e. The van der Waals surface area contributed by atoms with Gasteiger partial charge in [-0.3, -0.25) is 0 Å². The van der Waals surface area contributed by atoms with Crippen LogP contribution >= 0.6 is 0 Å². The Labute approximate surface area is 79.2 Å². The summed E-state index contributed by atoms with van der Waals surface area (Å²) in [4.78, 5) is 0. The van der Waals surface area contributed by atoms with E-state index in [-0.39, 0.29) is 12.2 Å². The molecule has 1 fully saturated rings. The molecule has 0 amide bonds. The molecule has 76 valence electrons. The molecule has 0 bridgehead atoms. The van der Waals surface area contributed by atoms with Gasteiger partial charge in [-0.15, -0.1) is 0 Å². The molecule has 1 N–H and O–H groups in total. The van der Waals surface area contributed by atoms with Crippen molar-refractivity contribution in [2.45, 2.75) is 18.3 Å². The maximum Gasteiger partial charge on any atom is 0.194 e. The van der Waals surface area contributed by atoms with Crippen molar-refractivity contribution >= 4 is 0 Å². The standard InChI is InChI=1S/C10H9F3O/c11-7-2-1-6(8(12)9(7)13)10(5-14)3-4-10/h1-2,14H,3-5H2. The van der Waals surface area contributed by atoms with Crippen LogP contribution in [-0.4, -0.2) is 11.7 Å². The van der Waals surface area contributed by atoms with Crippen LogP contribution in [0.25, 0.3) is 0 Å². The third-order valence-corrected chi connectivity index (χ3v) is 2.76. The Bertz CT molecular complexity index is 372. The molecule has 0 unspecified atom stereocenters. The molecule has 0 spiro atoms. The third kappa shape index (κ3) is 1.21. The maximum atomic E-state index is 13.3. The van der Waals surface area contributed by atoms with Crippen molar-refractivity contribution in [2.75, 3.05) is 6.61 Å². The third-order valence-electron chi connectivity index (χ3n) is 2.76. The summed E-state index contributed by atoms with van der Waals surface area (Å²) < 4.78 is 38.7. The van der Waals surface area contributed by atoms with Crippen LogP contribution in [0.3, 0.4) is 0 Å². The number of hydrogen-bond donors (Lipinski definition) is 1. The second-order valence-electron chi connectivity index (χ2n) is 3.66. The zero-order valence-corrected chi connectivity index (χ0v) is 7.36. The van der Waals surface area contributed by atoms with Crippen LogP contribution in [-0.2, 0) is 5.41 Å². The Kier molecular flexibility index (Phi) is 2.03. The number of halogens is 3. The summed E-state index contributed by atoms with van der Waals surface area (Å²) in [5.41, 5.74) is -0.586. The molecule has 0 radical (unpaired) electrons. The average Bonchev–Trinajstić information content (AvgIpc) is 2.95. The van der Waals surface area contributed by atoms with Gasteiger partial charge in [0.1, 0.15) is 0 Å². The molecule has 4 heteroatoms. The minimum absolute atomic E-state index is 0.0823. The fourth-order valence-electron chi connectivity index (χ4n) is 1.60. The zero-order valence-electron chi connectivity index (χ0n) is 7.36. The van der Waals surface area contributed by atoms with Gasteiger partial charge in [0.25, 0.3) is 0 Å². The maximum absolute atomic E-state index is 13.3. The van der Waals surface area contributed by atoms with E-state index in [9.17, 15) is 13.2 Å². The van der Waals surface area contributed by atoms with Gasteiger partial charge in [-0.05, 0) is 24.5 Å². The van der Waals surface area contributed by atoms with E-state index in [4.69, 9.17) is 5.11 Å². The molecule has 1 aliphatic rings. The highest BCUT2D eigenvalue weighted by atomic mass is 19.2. The number of rotatable bonds is 2. The SMILES string of the molecule is OCC1(c2ccc(F)c(F)c2F)CC1. The number of aliphatic hydroxyl groups excluding tert-OH is 1. The zero-order chi connectivity index (χ0) is 10.3. The first-order valence-electron chi connectivity index (χ1n) is 4.35. The lowest BCUT2D eigenvalue weighted by atomic mass is 9.96. The second-order valence-corrected chi connectivity index (χ2v) is 3.66. The van der Waals surface area contributed by atoms with Crippen LogP contribution in [0.2, 0.25) is 0 Å². The molecule has 2 rings (SSSR count). The highest BCUT2D eigenvalue weighted by Crippen LogP contribution is 2.48. The van der Waals surface area contributed by atoms with Crippen LogP contribution in [0.5, 0.6) is 0 Å². The van der Waals surface area contributed by atoms with Crippen LogP contribution < -0.4 is 0 Å². The molecule has 0 aromatic heterocycles. The Morgan fingerprint density at radius 1 is 1.14 bits per heavy atom. The van der Waals surface area contributed by atoms with Gasteiger partial charge in [-0.2, -0.15) is 0 Å². The van der Waals surface area contributed by atoms with Crippen LogP contribution in [0.1, 0.15) is 18.4 Å². The molecule has 0 atom stereocenters. The van der Waals surface area contributed by atoms with E-state index in [1.807, 2.05) is 0 Å². The molecule has 1 aromatic rings. The van der Waals surface area contributed by atoms with Crippen molar-refractivity contribution in [3.05, 3.63) is 35.1 Å². The molecule has 1 saturated carbocycles. The van der Waals surface area contributed by atoms with E-state index in [1.165, 1.54) is 6.07 Å². The first-order valence-corrected chi connectivity index (χ1v) is 4.35. The van der Waals surface area contributed by atoms with Gasteiger partial charge in [0.05, 0.1) is 6.61 Å². The Hall–Kier alpha value is -1.03. The van der Waals surface area contributed by atoms with E-state index >= 15 is 0 Å². The van der Waals surface area contributed by atoms with Crippen molar-refractivity contribution < 1.29 is 18.3 Å². The van der Waals surface area contributed by atoms with Gasteiger partial charge in [0.15, 0.2) is 17.5 Å². The predicted octanol–water partition coefficient (Wildman–Crippen LogP) is 2.13. The number of benzene rings is 1. The molecule has 1 nitrogen and oxygen atoms in total. The topological polar surface area (TPSA) is 20.2 Å². The molecular weight excluding hydrogens is 193 g/mol. The summed E-state index contributed by atoms with van der Waals surface area (Å²) in [6.45, 7) is -0.227. The van der Waals surface area contributed by atoms with Gasteiger partial charge in [0, 0.05) is 5.41 Å². The minimum Gasteiger partial charge on any atom is -0.395 e. The summed E-state index contributed by atoms with van der Waals surface area (Å²) >= 11 is 0. The monoisotopic (exact) mass is 202 g/mol. The summed E-state index contributed by atoms with van der Waals surface area (Å²) in [5, 5.41) is 9.01. The molecular formula is C10H9F3O. The lowest BCUT2D eigenvalue weighted by Crippen LogP contribution is -2.15. The number of aliphatic hydroxyl groups is 1. The Morgan fingerprint density at radius 2 is 1.79 bits per heavy atom. The first kappa shape index (κ1) is 9.52. The van der Waals surface area contributed by atoms with Crippen LogP contribution in [0.4, 0.5) is 13.2 Å². The van der Waals surface area contributed by atoms with E-state index in [2.05, 4.69) is 0 Å². The lowest BCUT2D eigenvalue weighted by Gasteiger charge is -2.13. The van der Waals surface area contributed by atoms with Crippen molar-refractivity contribution in [3.63, 3.8) is 0 Å². The van der Waals surface area contributed by atoms with Gasteiger partial charge < -0.3 is 5.11 Å². The van der Waals surface area contributed by atoms with Gasteiger partial charge in [0.2, 0.25) is 0 Å². The summed E-state index contributed by atoms with van der Waals surface area (Å²) in [6, 6.07) is 2.10. The predicted molar refractivity (Wildman–Crippen MR) is 44.3 cm³/mol. The average molecular weight is 202 g/mol. The van der Waals surface area contributed by atoms with Gasteiger partial charge in [-0.25, -0.2) is 13.2 Å². The molecule has 0 aliphatic heterocycles. The number of hydrogen-bond acceptors (Lipinski definition) is 1. The van der Waals surface area contributed by atoms with E-state index in [1.54, 1.807) is 0 Å². The van der Waals surface area contributed by atoms with Crippen molar-refractivity contribution in [3.8, 4) is 0 Å². The quantitative estimate of drug-likeness (QED) is 0.728. The molecule has 1 aromatic carbocycles. The van der Waals surface area contributed by atoms with Gasteiger partial charge in [-0.1, -0.05) is 6.07 Å². The normalized spacial score (nSPS) is 18.3. The molecule has 0 saturated heterocycles. The van der Waals surface area contributed by atoms with Gasteiger partial charge >= 0.3 is 0 Å². The van der Waals surface area contributed by atoms with E-state index in [0.29, 0.717) is 12.8 Å². The lowest BCUT2D eigenvalue weighted by molar-refractivity contribution is 0.250. The Balaban J connectivity index is 2.50. The largest absolute Gasteiger partial charge is 0.395 e. The van der Waals surface area contributed by atoms with Crippen molar-refractivity contribution in [2.24, 2.45) is 0 Å². The first-order chi connectivity index (χ1) is 6.60. The summed E-state index contributed by atoms with van der Waals surface area (Å²) in [7, 11) is 0. The second kappa shape index (κ2) is 2.98. The highest BCUT2D eigenvalue weighted by molar-refractivity contribution is 5.33. The highest BCUT2D eigenvalue weighted by Gasteiger charge is 2.46. The van der Waals surface area contributed by atoms with E-state index in [0.717, 1.165) is 6.07 Å². The molecule has 1 aliphatic carbocycles. The van der Waals surface area contributed by atoms with Crippen LogP contribution in [0, 0.1) is 17.5 Å². The van der Waals surface area contributed by atoms with Crippen LogP contribution in [0.15, 0.2) is 12.1 Å². The summed E-state index contributed by atoms with van der Waals surface area (Å²) in [5.74, 6) is -3.82.